The molecule has 0 radical (unpaired) electrons. The van der Waals surface area contributed by atoms with Gasteiger partial charge in [0.25, 0.3) is 0 Å². The Morgan fingerprint density at radius 1 is 0.912 bits per heavy atom. The fourth-order valence-corrected chi connectivity index (χ4v) is 4.93. The van der Waals surface area contributed by atoms with Crippen molar-refractivity contribution >= 4 is 17.7 Å². The third-order valence-electron chi connectivity index (χ3n) is 6.08. The average Bonchev–Trinajstić information content (AvgIpc) is 3.66. The molecule has 34 heavy (non-hydrogen) atoms. The van der Waals surface area contributed by atoms with Crippen molar-refractivity contribution in [1.82, 2.24) is 20.1 Å². The first-order valence-electron chi connectivity index (χ1n) is 11.7. The van der Waals surface area contributed by atoms with Gasteiger partial charge >= 0.3 is 0 Å². The second-order valence-corrected chi connectivity index (χ2v) is 10.0. The van der Waals surface area contributed by atoms with Crippen molar-refractivity contribution in [2.75, 3.05) is 0 Å². The Hall–Kier alpha value is -3.38. The number of hydrogen-bond donors (Lipinski definition) is 1. The van der Waals surface area contributed by atoms with Crippen molar-refractivity contribution in [3.63, 3.8) is 0 Å². The van der Waals surface area contributed by atoms with E-state index < -0.39 is 0 Å². The lowest BCUT2D eigenvalue weighted by Gasteiger charge is -2.22. The molecule has 1 amide bonds. The minimum Gasteiger partial charge on any atom is -0.344 e. The third-order valence-corrected chi connectivity index (χ3v) is 7.16. The largest absolute Gasteiger partial charge is 0.344 e. The zero-order valence-electron chi connectivity index (χ0n) is 19.2. The predicted octanol–water partition coefficient (Wildman–Crippen LogP) is 5.59. The van der Waals surface area contributed by atoms with Crippen LogP contribution in [0.5, 0.6) is 0 Å². The van der Waals surface area contributed by atoms with Crippen LogP contribution in [0.1, 0.15) is 54.2 Å². The maximum absolute atomic E-state index is 13.3. The van der Waals surface area contributed by atoms with Gasteiger partial charge in [0.15, 0.2) is 5.16 Å². The molecule has 1 aliphatic rings. The lowest BCUT2D eigenvalue weighted by Crippen LogP contribution is -2.35. The molecule has 3 aromatic carbocycles. The molecule has 4 aromatic rings. The smallest absolute Gasteiger partial charge is 0.234 e. The van der Waals surface area contributed by atoms with Gasteiger partial charge in [0.2, 0.25) is 5.91 Å². The van der Waals surface area contributed by atoms with Crippen molar-refractivity contribution in [2.24, 2.45) is 0 Å². The lowest BCUT2D eigenvalue weighted by atomic mass is 9.98. The van der Waals surface area contributed by atoms with Crippen LogP contribution < -0.4 is 5.32 Å². The molecule has 0 aliphatic heterocycles. The number of nitrogens with zero attached hydrogens (tertiary/aromatic N) is 3. The van der Waals surface area contributed by atoms with E-state index in [-0.39, 0.29) is 17.2 Å². The molecule has 6 heteroatoms. The van der Waals surface area contributed by atoms with E-state index in [2.05, 4.69) is 32.2 Å². The molecule has 0 bridgehead atoms. The summed E-state index contributed by atoms with van der Waals surface area (Å²) >= 11 is 1.47. The minimum absolute atomic E-state index is 0.0232. The zero-order valence-corrected chi connectivity index (χ0v) is 20.0. The van der Waals surface area contributed by atoms with E-state index >= 15 is 0 Å². The normalized spacial score (nSPS) is 14.2. The van der Waals surface area contributed by atoms with E-state index in [0.717, 1.165) is 34.9 Å². The Morgan fingerprint density at radius 3 is 2.03 bits per heavy atom. The Labute approximate surface area is 204 Å². The van der Waals surface area contributed by atoms with Crippen LogP contribution in [-0.4, -0.2) is 25.9 Å². The van der Waals surface area contributed by atoms with E-state index in [1.165, 1.54) is 17.3 Å². The molecule has 0 saturated heterocycles. The number of carbonyl (C=O) groups excluding carboxylic acids is 1. The minimum atomic E-state index is -0.319. The van der Waals surface area contributed by atoms with E-state index in [0.29, 0.717) is 12.5 Å². The molecule has 1 N–H and O–H groups in total. The molecular formula is C28H28N4OS. The van der Waals surface area contributed by atoms with Crippen LogP contribution in [0.3, 0.4) is 0 Å². The lowest BCUT2D eigenvalue weighted by molar-refractivity contribution is -0.120. The Bertz CT molecular complexity index is 1180. The van der Waals surface area contributed by atoms with E-state index in [4.69, 9.17) is 0 Å². The maximum atomic E-state index is 13.3. The van der Waals surface area contributed by atoms with Gasteiger partial charge in [0.05, 0.1) is 17.8 Å². The molecule has 1 aliphatic carbocycles. The van der Waals surface area contributed by atoms with Crippen LogP contribution >= 0.6 is 11.8 Å². The number of thioether (sulfide) groups is 1. The van der Waals surface area contributed by atoms with Gasteiger partial charge in [-0.25, -0.2) is 0 Å². The van der Waals surface area contributed by atoms with Crippen LogP contribution in [0, 0.1) is 0 Å². The van der Waals surface area contributed by atoms with Crippen molar-refractivity contribution in [3.05, 3.63) is 114 Å². The SMILES string of the molecule is CC(Sc1nnc(C2CC2)n1Cc1ccccc1)C(=O)NC(c1ccccc1)c1ccccc1. The summed E-state index contributed by atoms with van der Waals surface area (Å²) < 4.78 is 2.19. The zero-order chi connectivity index (χ0) is 23.3. The maximum Gasteiger partial charge on any atom is 0.234 e. The summed E-state index contributed by atoms with van der Waals surface area (Å²) in [5, 5.41) is 12.7. The molecule has 5 rings (SSSR count). The van der Waals surface area contributed by atoms with Gasteiger partial charge in [0.1, 0.15) is 5.82 Å². The van der Waals surface area contributed by atoms with Crippen LogP contribution in [0.4, 0.5) is 0 Å². The van der Waals surface area contributed by atoms with Crippen molar-refractivity contribution < 1.29 is 4.79 Å². The van der Waals surface area contributed by atoms with Crippen molar-refractivity contribution in [2.45, 2.75) is 48.7 Å². The van der Waals surface area contributed by atoms with Crippen LogP contribution in [0.15, 0.2) is 96.2 Å². The van der Waals surface area contributed by atoms with E-state index in [1.54, 1.807) is 0 Å². The summed E-state index contributed by atoms with van der Waals surface area (Å²) in [6.45, 7) is 2.65. The molecule has 1 unspecified atom stereocenters. The fraction of sp³-hybridized carbons (Fsp3) is 0.250. The molecule has 1 saturated carbocycles. The van der Waals surface area contributed by atoms with Gasteiger partial charge in [0, 0.05) is 5.92 Å². The molecule has 1 heterocycles. The highest BCUT2D eigenvalue weighted by Crippen LogP contribution is 2.40. The summed E-state index contributed by atoms with van der Waals surface area (Å²) in [7, 11) is 0. The summed E-state index contributed by atoms with van der Waals surface area (Å²) in [6.07, 6.45) is 2.31. The van der Waals surface area contributed by atoms with E-state index in [1.807, 2.05) is 85.8 Å². The first-order chi connectivity index (χ1) is 16.7. The second-order valence-electron chi connectivity index (χ2n) is 8.71. The van der Waals surface area contributed by atoms with Crippen LogP contribution in [-0.2, 0) is 11.3 Å². The number of nitrogens with one attached hydrogen (secondary N) is 1. The Kier molecular flexibility index (Phi) is 6.77. The highest BCUT2D eigenvalue weighted by molar-refractivity contribution is 8.00. The summed E-state index contributed by atoms with van der Waals surface area (Å²) in [6, 6.07) is 30.3. The number of benzene rings is 3. The molecule has 5 nitrogen and oxygen atoms in total. The topological polar surface area (TPSA) is 59.8 Å². The fourth-order valence-electron chi connectivity index (χ4n) is 4.07. The van der Waals surface area contributed by atoms with Crippen LogP contribution in [0.2, 0.25) is 0 Å². The standard InChI is InChI=1S/C28H28N4OS/c1-20(27(33)29-25(22-13-7-3-8-14-22)23-15-9-4-10-16-23)34-28-31-30-26(24-17-18-24)32(28)19-21-11-5-2-6-12-21/h2-16,20,24-25H,17-19H2,1H3,(H,29,33). The molecule has 1 aromatic heterocycles. The van der Waals surface area contributed by atoms with Crippen molar-refractivity contribution in [3.8, 4) is 0 Å². The molecule has 172 valence electrons. The Morgan fingerprint density at radius 2 is 1.47 bits per heavy atom. The molecule has 1 fully saturated rings. The van der Waals surface area contributed by atoms with Gasteiger partial charge in [-0.15, -0.1) is 10.2 Å². The van der Waals surface area contributed by atoms with Crippen LogP contribution in [0.25, 0.3) is 0 Å². The number of rotatable bonds is 9. The summed E-state index contributed by atoms with van der Waals surface area (Å²) in [4.78, 5) is 13.3. The quantitative estimate of drug-likeness (QED) is 0.325. The first kappa shape index (κ1) is 22.4. The number of amides is 1. The predicted molar refractivity (Wildman–Crippen MR) is 136 cm³/mol. The van der Waals surface area contributed by atoms with Gasteiger partial charge in [-0.3, -0.25) is 4.79 Å². The second kappa shape index (κ2) is 10.3. The summed E-state index contributed by atoms with van der Waals surface area (Å²) in [5.74, 6) is 1.49. The van der Waals surface area contributed by atoms with Crippen molar-refractivity contribution in [1.29, 1.82) is 0 Å². The monoisotopic (exact) mass is 468 g/mol. The number of carbonyl (C=O) groups is 1. The number of aromatic nitrogens is 3. The van der Waals surface area contributed by atoms with Gasteiger partial charge in [-0.1, -0.05) is 103 Å². The molecule has 0 spiro atoms. The van der Waals surface area contributed by atoms with Gasteiger partial charge in [-0.05, 0) is 36.5 Å². The van der Waals surface area contributed by atoms with Gasteiger partial charge in [-0.2, -0.15) is 0 Å². The Balaban J connectivity index is 1.35. The third kappa shape index (κ3) is 5.23. The highest BCUT2D eigenvalue weighted by atomic mass is 32.2. The van der Waals surface area contributed by atoms with Gasteiger partial charge < -0.3 is 9.88 Å². The first-order valence-corrected chi connectivity index (χ1v) is 12.6. The average molecular weight is 469 g/mol. The van der Waals surface area contributed by atoms with E-state index in [9.17, 15) is 4.79 Å². The summed E-state index contributed by atoms with van der Waals surface area (Å²) in [5.41, 5.74) is 3.32. The highest BCUT2D eigenvalue weighted by Gasteiger charge is 2.31. The molecule has 1 atom stereocenters. The molecular weight excluding hydrogens is 440 g/mol. The number of hydrogen-bond acceptors (Lipinski definition) is 4.